The molecule has 0 saturated carbocycles. The van der Waals surface area contributed by atoms with E-state index in [0.29, 0.717) is 37.7 Å². The van der Waals surface area contributed by atoms with E-state index in [2.05, 4.69) is 30.5 Å². The van der Waals surface area contributed by atoms with Crippen LogP contribution < -0.4 is 10.2 Å². The third-order valence-corrected chi connectivity index (χ3v) is 5.95. The molecule has 3 heterocycles. The van der Waals surface area contributed by atoms with Crippen LogP contribution in [-0.2, 0) is 11.3 Å². The summed E-state index contributed by atoms with van der Waals surface area (Å²) < 4.78 is 19.5. The number of hydrogen-bond acceptors (Lipinski definition) is 9. The first-order chi connectivity index (χ1) is 18.0. The SMILES string of the molecule is Oc1cccc(-c2ccc(Nc3ccc(CN=Nc4ncc(F)c(N5CCOCC5)n4)nc3Cl)cc2)c1. The van der Waals surface area contributed by atoms with Gasteiger partial charge in [0.15, 0.2) is 16.8 Å². The molecule has 11 heteroatoms. The zero-order valence-corrected chi connectivity index (χ0v) is 20.4. The summed E-state index contributed by atoms with van der Waals surface area (Å²) >= 11 is 6.39. The summed E-state index contributed by atoms with van der Waals surface area (Å²) in [6, 6.07) is 18.4. The maximum Gasteiger partial charge on any atom is 0.270 e. The molecule has 0 spiro atoms. The van der Waals surface area contributed by atoms with Crippen LogP contribution in [0.1, 0.15) is 5.69 Å². The molecule has 188 valence electrons. The van der Waals surface area contributed by atoms with Crippen molar-refractivity contribution in [3.05, 3.63) is 83.5 Å². The molecule has 2 aromatic heterocycles. The molecule has 1 fully saturated rings. The molecule has 37 heavy (non-hydrogen) atoms. The molecule has 4 aromatic rings. The number of aromatic nitrogens is 3. The van der Waals surface area contributed by atoms with Gasteiger partial charge in [-0.1, -0.05) is 35.9 Å². The van der Waals surface area contributed by atoms with E-state index in [-0.39, 0.29) is 29.2 Å². The Balaban J connectivity index is 1.21. The van der Waals surface area contributed by atoms with Gasteiger partial charge in [0.1, 0.15) is 12.3 Å². The number of aromatic hydroxyl groups is 1. The number of benzene rings is 2. The number of anilines is 3. The third kappa shape index (κ3) is 6.16. The van der Waals surface area contributed by atoms with Crippen molar-refractivity contribution >= 4 is 34.7 Å². The summed E-state index contributed by atoms with van der Waals surface area (Å²) in [6.45, 7) is 2.29. The zero-order chi connectivity index (χ0) is 25.6. The average molecular weight is 520 g/mol. The predicted molar refractivity (Wildman–Crippen MR) is 139 cm³/mol. The van der Waals surface area contributed by atoms with Crippen LogP contribution in [0.4, 0.5) is 27.5 Å². The quantitative estimate of drug-likeness (QED) is 0.231. The molecule has 0 atom stereocenters. The highest BCUT2D eigenvalue weighted by Crippen LogP contribution is 2.28. The molecule has 1 aliphatic rings. The van der Waals surface area contributed by atoms with Crippen molar-refractivity contribution in [2.75, 3.05) is 36.5 Å². The Labute approximate surface area is 217 Å². The fourth-order valence-corrected chi connectivity index (χ4v) is 4.02. The number of morpholine rings is 1. The summed E-state index contributed by atoms with van der Waals surface area (Å²) in [7, 11) is 0. The topological polar surface area (TPSA) is 108 Å². The van der Waals surface area contributed by atoms with E-state index in [1.54, 1.807) is 29.2 Å². The van der Waals surface area contributed by atoms with Crippen molar-refractivity contribution in [1.82, 2.24) is 15.0 Å². The van der Waals surface area contributed by atoms with Crippen LogP contribution >= 0.6 is 11.6 Å². The Morgan fingerprint density at radius 1 is 1.03 bits per heavy atom. The van der Waals surface area contributed by atoms with Gasteiger partial charge in [-0.05, 0) is 47.5 Å². The first-order valence-corrected chi connectivity index (χ1v) is 12.0. The van der Waals surface area contributed by atoms with Gasteiger partial charge in [0.05, 0.1) is 30.8 Å². The number of phenols is 1. The fourth-order valence-electron chi connectivity index (χ4n) is 3.81. The van der Waals surface area contributed by atoms with E-state index in [0.717, 1.165) is 23.0 Å². The van der Waals surface area contributed by atoms with E-state index < -0.39 is 5.82 Å². The normalized spacial score (nSPS) is 13.7. The van der Waals surface area contributed by atoms with Crippen molar-refractivity contribution in [2.24, 2.45) is 10.2 Å². The van der Waals surface area contributed by atoms with Gasteiger partial charge >= 0.3 is 0 Å². The smallest absolute Gasteiger partial charge is 0.270 e. The van der Waals surface area contributed by atoms with Crippen LogP contribution in [0.2, 0.25) is 5.15 Å². The first-order valence-electron chi connectivity index (χ1n) is 11.6. The second-order valence-corrected chi connectivity index (χ2v) is 8.59. The molecule has 1 aliphatic heterocycles. The number of rotatable bonds is 7. The van der Waals surface area contributed by atoms with Gasteiger partial charge < -0.3 is 20.1 Å². The summed E-state index contributed by atoms with van der Waals surface area (Å²) in [5, 5.41) is 21.3. The fraction of sp³-hybridized carbons (Fsp3) is 0.192. The molecule has 1 saturated heterocycles. The summed E-state index contributed by atoms with van der Waals surface area (Å²) in [4.78, 5) is 14.3. The third-order valence-electron chi connectivity index (χ3n) is 5.67. The van der Waals surface area contributed by atoms with Crippen LogP contribution in [0.15, 0.2) is 77.1 Å². The highest BCUT2D eigenvalue weighted by atomic mass is 35.5. The molecule has 0 amide bonds. The Kier molecular flexibility index (Phi) is 7.48. The lowest BCUT2D eigenvalue weighted by atomic mass is 10.1. The number of ether oxygens (including phenoxy) is 1. The van der Waals surface area contributed by atoms with Crippen molar-refractivity contribution < 1.29 is 14.2 Å². The number of nitrogens with one attached hydrogen (secondary N) is 1. The van der Waals surface area contributed by atoms with Gasteiger partial charge in [0.25, 0.3) is 5.95 Å². The minimum Gasteiger partial charge on any atom is -0.508 e. The highest BCUT2D eigenvalue weighted by molar-refractivity contribution is 6.32. The lowest BCUT2D eigenvalue weighted by Crippen LogP contribution is -2.37. The van der Waals surface area contributed by atoms with Crippen molar-refractivity contribution in [3.8, 4) is 16.9 Å². The maximum atomic E-state index is 14.2. The molecule has 0 bridgehead atoms. The lowest BCUT2D eigenvalue weighted by molar-refractivity contribution is 0.122. The number of nitrogens with zero attached hydrogens (tertiary/aromatic N) is 6. The van der Waals surface area contributed by atoms with Gasteiger partial charge in [-0.15, -0.1) is 5.11 Å². The summed E-state index contributed by atoms with van der Waals surface area (Å²) in [5.41, 5.74) is 3.99. The Morgan fingerprint density at radius 2 is 1.84 bits per heavy atom. The van der Waals surface area contributed by atoms with Crippen LogP contribution in [0.3, 0.4) is 0 Å². The van der Waals surface area contributed by atoms with Crippen LogP contribution in [-0.4, -0.2) is 46.4 Å². The lowest BCUT2D eigenvalue weighted by Gasteiger charge is -2.27. The predicted octanol–water partition coefficient (Wildman–Crippen LogP) is 5.90. The molecule has 0 unspecified atom stereocenters. The van der Waals surface area contributed by atoms with Crippen molar-refractivity contribution in [1.29, 1.82) is 0 Å². The van der Waals surface area contributed by atoms with Gasteiger partial charge in [-0.25, -0.2) is 14.4 Å². The van der Waals surface area contributed by atoms with Crippen molar-refractivity contribution in [3.63, 3.8) is 0 Å². The molecular weight excluding hydrogens is 497 g/mol. The van der Waals surface area contributed by atoms with Crippen LogP contribution in [0, 0.1) is 5.82 Å². The van der Waals surface area contributed by atoms with Crippen LogP contribution in [0.5, 0.6) is 5.75 Å². The monoisotopic (exact) mass is 519 g/mol. The first kappa shape index (κ1) is 24.5. The van der Waals surface area contributed by atoms with Gasteiger partial charge in [0.2, 0.25) is 0 Å². The molecule has 2 N–H and O–H groups in total. The molecule has 9 nitrogen and oxygen atoms in total. The minimum atomic E-state index is -0.508. The Hall–Kier alpha value is -4.15. The average Bonchev–Trinajstić information content (AvgIpc) is 2.92. The maximum absolute atomic E-state index is 14.2. The summed E-state index contributed by atoms with van der Waals surface area (Å²) in [6.07, 6.45) is 1.10. The van der Waals surface area contributed by atoms with E-state index in [1.807, 2.05) is 36.4 Å². The van der Waals surface area contributed by atoms with Gasteiger partial charge in [-0.2, -0.15) is 10.1 Å². The highest BCUT2D eigenvalue weighted by Gasteiger charge is 2.17. The number of halogens is 2. The van der Waals surface area contributed by atoms with E-state index in [9.17, 15) is 9.50 Å². The number of azo groups is 1. The zero-order valence-electron chi connectivity index (χ0n) is 19.7. The Bertz CT molecular complexity index is 1410. The van der Waals surface area contributed by atoms with E-state index in [4.69, 9.17) is 16.3 Å². The molecule has 5 rings (SSSR count). The standard InChI is InChI=1S/C26H23ClFN7O2/c27-24-23(31-19-6-4-17(5-7-19)18-2-1-3-21(36)14-18)9-8-20(32-24)15-30-34-26-29-16-22(28)25(33-26)35-10-12-37-13-11-35/h1-9,14,16,31,36H,10-13,15H2. The summed E-state index contributed by atoms with van der Waals surface area (Å²) in [5.74, 6) is -0.0215. The molecule has 0 aliphatic carbocycles. The van der Waals surface area contributed by atoms with Crippen molar-refractivity contribution in [2.45, 2.75) is 6.54 Å². The number of pyridine rings is 1. The van der Waals surface area contributed by atoms with Crippen LogP contribution in [0.25, 0.3) is 11.1 Å². The number of phenolic OH excluding ortho intramolecular Hbond substituents is 1. The molecule has 2 aromatic carbocycles. The van der Waals surface area contributed by atoms with E-state index >= 15 is 0 Å². The van der Waals surface area contributed by atoms with Gasteiger partial charge in [-0.3, -0.25) is 0 Å². The molecule has 0 radical (unpaired) electrons. The second-order valence-electron chi connectivity index (χ2n) is 8.23. The largest absolute Gasteiger partial charge is 0.508 e. The Morgan fingerprint density at radius 3 is 2.59 bits per heavy atom. The van der Waals surface area contributed by atoms with Gasteiger partial charge in [0, 0.05) is 18.8 Å². The second kappa shape index (κ2) is 11.3. The van der Waals surface area contributed by atoms with E-state index in [1.165, 1.54) is 0 Å². The minimum absolute atomic E-state index is 0.0708. The number of hydrogen-bond donors (Lipinski definition) is 2. The molecular formula is C26H23ClFN7O2.